The number of rotatable bonds is 5. The number of hydrogen-bond acceptors (Lipinski definition) is 6. The number of carbonyl (C=O) groups is 1. The zero-order valence-electron chi connectivity index (χ0n) is 15.7. The van der Waals surface area contributed by atoms with Crippen LogP contribution in [0.1, 0.15) is 18.1 Å². The molecule has 0 radical (unpaired) electrons. The van der Waals surface area contributed by atoms with Crippen molar-refractivity contribution in [2.75, 3.05) is 11.6 Å². The summed E-state index contributed by atoms with van der Waals surface area (Å²) < 4.78 is 62.5. The second-order valence-corrected chi connectivity index (χ2v) is 7.29. The van der Waals surface area contributed by atoms with E-state index in [1.165, 1.54) is 18.1 Å². The Labute approximate surface area is 166 Å². The second-order valence-electron chi connectivity index (χ2n) is 5.88. The third kappa shape index (κ3) is 8.50. The van der Waals surface area contributed by atoms with Crippen molar-refractivity contribution in [3.63, 3.8) is 0 Å². The maximum atomic E-state index is 10.9. The Morgan fingerprint density at radius 3 is 2.10 bits per heavy atom. The fraction of sp³-hybridized carbons (Fsp3) is 0.278. The molecule has 11 heteroatoms. The molecule has 0 spiro atoms. The van der Waals surface area contributed by atoms with Gasteiger partial charge in [0.15, 0.2) is 0 Å². The quantitative estimate of drug-likeness (QED) is 0.186. The molecule has 0 bridgehead atoms. The number of ether oxygens (including phenoxy) is 1. The molecular formula is C18H21F3N2O5S. The number of alkyl halides is 3. The van der Waals surface area contributed by atoms with Gasteiger partial charge in [0, 0.05) is 13.5 Å². The summed E-state index contributed by atoms with van der Waals surface area (Å²) in [7, 11) is -5.84. The second kappa shape index (κ2) is 10.2. The number of nitrogens with zero attached hydrogens (tertiary/aromatic N) is 1. The largest absolute Gasteiger partial charge is 0.522 e. The standard InChI is InChI=1S/C17H20N2O2.CHF3O3S/c1-13-5-3-4-6-15(13)11-12-19(18)16-7-9-17(10-8-16)21-14(2)20;2-1(3,4)8(5,6)7/h3-10H,11-12,18H2,1-2H3;(H,5,6,7). The number of esters is 1. The fourth-order valence-electron chi connectivity index (χ4n) is 2.13. The number of halogens is 3. The molecule has 0 atom stereocenters. The van der Waals surface area contributed by atoms with Crippen molar-refractivity contribution < 1.29 is 35.7 Å². The van der Waals surface area contributed by atoms with Gasteiger partial charge >= 0.3 is 21.6 Å². The first-order valence-corrected chi connectivity index (χ1v) is 9.64. The Morgan fingerprint density at radius 2 is 1.66 bits per heavy atom. The van der Waals surface area contributed by atoms with Gasteiger partial charge in [-0.25, -0.2) is 5.84 Å². The third-order valence-corrected chi connectivity index (χ3v) is 4.19. The molecule has 0 aliphatic rings. The number of aryl methyl sites for hydroxylation is 1. The van der Waals surface area contributed by atoms with E-state index in [0.29, 0.717) is 5.75 Å². The summed E-state index contributed by atoms with van der Waals surface area (Å²) in [5, 5.41) is 1.70. The van der Waals surface area contributed by atoms with Gasteiger partial charge in [-0.3, -0.25) is 9.35 Å². The van der Waals surface area contributed by atoms with Crippen LogP contribution >= 0.6 is 0 Å². The van der Waals surface area contributed by atoms with Crippen molar-refractivity contribution in [3.05, 3.63) is 59.7 Å². The molecule has 0 unspecified atom stereocenters. The summed E-state index contributed by atoms with van der Waals surface area (Å²) in [5.74, 6) is 6.27. The van der Waals surface area contributed by atoms with Gasteiger partial charge in [-0.15, -0.1) is 0 Å². The Morgan fingerprint density at radius 1 is 1.14 bits per heavy atom. The lowest BCUT2D eigenvalue weighted by molar-refractivity contribution is -0.131. The van der Waals surface area contributed by atoms with E-state index >= 15 is 0 Å². The van der Waals surface area contributed by atoms with Crippen molar-refractivity contribution in [1.29, 1.82) is 0 Å². The molecule has 0 fully saturated rings. The lowest BCUT2D eigenvalue weighted by Gasteiger charge is -2.19. The molecule has 7 nitrogen and oxygen atoms in total. The first kappa shape index (κ1) is 24.4. The van der Waals surface area contributed by atoms with Crippen LogP contribution in [0.15, 0.2) is 48.5 Å². The van der Waals surface area contributed by atoms with Gasteiger partial charge in [0.2, 0.25) is 0 Å². The van der Waals surface area contributed by atoms with E-state index in [1.807, 2.05) is 24.3 Å². The number of nitrogens with two attached hydrogens (primary N) is 1. The van der Waals surface area contributed by atoms with Crippen LogP contribution < -0.4 is 15.6 Å². The van der Waals surface area contributed by atoms with E-state index in [1.54, 1.807) is 17.1 Å². The monoisotopic (exact) mass is 434 g/mol. The van der Waals surface area contributed by atoms with Crippen LogP contribution in [0.3, 0.4) is 0 Å². The van der Waals surface area contributed by atoms with Crippen molar-refractivity contribution in [1.82, 2.24) is 0 Å². The van der Waals surface area contributed by atoms with E-state index < -0.39 is 15.6 Å². The zero-order valence-corrected chi connectivity index (χ0v) is 16.5. The Balaban J connectivity index is 0.000000447. The van der Waals surface area contributed by atoms with Gasteiger partial charge in [-0.2, -0.15) is 21.6 Å². The van der Waals surface area contributed by atoms with Crippen LogP contribution in [-0.4, -0.2) is 31.0 Å². The van der Waals surface area contributed by atoms with Crippen LogP contribution in [0.2, 0.25) is 0 Å². The molecule has 29 heavy (non-hydrogen) atoms. The summed E-state index contributed by atoms with van der Waals surface area (Å²) in [6, 6.07) is 15.5. The number of hydrazine groups is 1. The van der Waals surface area contributed by atoms with Crippen molar-refractivity contribution in [2.24, 2.45) is 5.84 Å². The van der Waals surface area contributed by atoms with Gasteiger partial charge < -0.3 is 9.75 Å². The van der Waals surface area contributed by atoms with E-state index in [2.05, 4.69) is 19.1 Å². The molecule has 2 aromatic carbocycles. The summed E-state index contributed by atoms with van der Waals surface area (Å²) in [4.78, 5) is 10.9. The third-order valence-electron chi connectivity index (χ3n) is 3.61. The molecular weight excluding hydrogens is 413 g/mol. The summed E-state index contributed by atoms with van der Waals surface area (Å²) in [6.07, 6.45) is 0.884. The SMILES string of the molecule is CC(=O)Oc1ccc(N(N)CCc2ccccc2C)cc1.O=S(=O)(O)C(F)(F)F. The van der Waals surface area contributed by atoms with Crippen LogP contribution in [0.25, 0.3) is 0 Å². The lowest BCUT2D eigenvalue weighted by Crippen LogP contribution is -2.32. The smallest absolute Gasteiger partial charge is 0.427 e. The van der Waals surface area contributed by atoms with Gasteiger partial charge in [0.1, 0.15) is 5.75 Å². The van der Waals surface area contributed by atoms with Gasteiger partial charge in [0.05, 0.1) is 5.69 Å². The lowest BCUT2D eigenvalue weighted by atomic mass is 10.1. The minimum atomic E-state index is -5.84. The molecule has 160 valence electrons. The van der Waals surface area contributed by atoms with Gasteiger partial charge in [0.25, 0.3) is 0 Å². The van der Waals surface area contributed by atoms with E-state index in [-0.39, 0.29) is 5.97 Å². The average Bonchev–Trinajstić information content (AvgIpc) is 2.60. The maximum absolute atomic E-state index is 10.9. The highest BCUT2D eigenvalue weighted by Crippen LogP contribution is 2.20. The number of anilines is 1. The first-order valence-electron chi connectivity index (χ1n) is 8.20. The summed E-state index contributed by atoms with van der Waals surface area (Å²) in [6.45, 7) is 4.20. The van der Waals surface area contributed by atoms with Crippen molar-refractivity contribution in [2.45, 2.75) is 25.8 Å². The minimum Gasteiger partial charge on any atom is -0.427 e. The van der Waals surface area contributed by atoms with Crippen LogP contribution in [-0.2, 0) is 21.3 Å². The topological polar surface area (TPSA) is 110 Å². The average molecular weight is 434 g/mol. The van der Waals surface area contributed by atoms with E-state index in [9.17, 15) is 18.0 Å². The molecule has 0 amide bonds. The van der Waals surface area contributed by atoms with Crippen LogP contribution in [0, 0.1) is 6.92 Å². The van der Waals surface area contributed by atoms with Crippen LogP contribution in [0.5, 0.6) is 5.75 Å². The predicted molar refractivity (Wildman–Crippen MR) is 102 cm³/mol. The number of carbonyl (C=O) groups excluding carboxylic acids is 1. The van der Waals surface area contributed by atoms with E-state index in [0.717, 1.165) is 18.7 Å². The highest BCUT2D eigenvalue weighted by atomic mass is 32.2. The normalized spacial score (nSPS) is 11.3. The molecule has 2 rings (SSSR count). The predicted octanol–water partition coefficient (Wildman–Crippen LogP) is 3.24. The first-order chi connectivity index (χ1) is 13.3. The number of benzene rings is 2. The summed E-state index contributed by atoms with van der Waals surface area (Å²) >= 11 is 0. The number of hydrogen-bond donors (Lipinski definition) is 2. The van der Waals surface area contributed by atoms with Crippen molar-refractivity contribution in [3.8, 4) is 5.75 Å². The molecule has 2 aromatic rings. The Bertz CT molecular complexity index is 916. The molecule has 0 aromatic heterocycles. The molecule has 0 aliphatic carbocycles. The molecule has 3 N–H and O–H groups in total. The highest BCUT2D eigenvalue weighted by molar-refractivity contribution is 7.86. The zero-order chi connectivity index (χ0) is 22.2. The Hall–Kier alpha value is -2.63. The fourth-order valence-corrected chi connectivity index (χ4v) is 2.13. The summed E-state index contributed by atoms with van der Waals surface area (Å²) in [5.41, 5.74) is -2.08. The highest BCUT2D eigenvalue weighted by Gasteiger charge is 2.44. The molecule has 0 heterocycles. The maximum Gasteiger partial charge on any atom is 0.522 e. The Kier molecular flexibility index (Phi) is 8.61. The molecule has 0 aliphatic heterocycles. The molecule has 0 saturated heterocycles. The van der Waals surface area contributed by atoms with Crippen molar-refractivity contribution >= 4 is 21.8 Å². The van der Waals surface area contributed by atoms with Gasteiger partial charge in [-0.1, -0.05) is 24.3 Å². The molecule has 0 saturated carbocycles. The van der Waals surface area contributed by atoms with Gasteiger partial charge in [-0.05, 0) is 48.7 Å². The van der Waals surface area contributed by atoms with E-state index in [4.69, 9.17) is 23.6 Å². The minimum absolute atomic E-state index is 0.327. The van der Waals surface area contributed by atoms with Crippen LogP contribution in [0.4, 0.5) is 18.9 Å².